The summed E-state index contributed by atoms with van der Waals surface area (Å²) in [6.45, 7) is 1.33. The highest BCUT2D eigenvalue weighted by molar-refractivity contribution is 5.91. The van der Waals surface area contributed by atoms with E-state index in [0.717, 1.165) is 22.0 Å². The number of piperidine rings is 1. The fourth-order valence-corrected chi connectivity index (χ4v) is 4.51. The Labute approximate surface area is 188 Å². The number of hydrogen-bond acceptors (Lipinski definition) is 4. The highest BCUT2D eigenvalue weighted by atomic mass is 19.4. The van der Waals surface area contributed by atoms with E-state index in [4.69, 9.17) is 9.47 Å². The summed E-state index contributed by atoms with van der Waals surface area (Å²) in [5.74, 6) is -0.349. The van der Waals surface area contributed by atoms with Gasteiger partial charge >= 0.3 is 12.1 Å². The highest BCUT2D eigenvalue weighted by Gasteiger charge is 2.38. The minimum atomic E-state index is -4.30. The Hall–Kier alpha value is -3.20. The zero-order valence-corrected chi connectivity index (χ0v) is 18.3. The lowest BCUT2D eigenvalue weighted by atomic mass is 9.87. The fraction of sp³-hybridized carbons (Fsp3) is 0.375. The maximum absolute atomic E-state index is 13.1. The van der Waals surface area contributed by atoms with Gasteiger partial charge in [-0.05, 0) is 48.7 Å². The van der Waals surface area contributed by atoms with Crippen LogP contribution >= 0.6 is 0 Å². The average Bonchev–Trinajstić information content (AvgIpc) is 3.26. The van der Waals surface area contributed by atoms with E-state index in [1.54, 1.807) is 25.4 Å². The Balaban J connectivity index is 1.68. The highest BCUT2D eigenvalue weighted by Crippen LogP contribution is 2.41. The van der Waals surface area contributed by atoms with Gasteiger partial charge in [-0.1, -0.05) is 12.1 Å². The number of benzene rings is 2. The maximum Gasteiger partial charge on any atom is 0.401 e. The Morgan fingerprint density at radius 2 is 1.97 bits per heavy atom. The lowest BCUT2D eigenvalue weighted by Gasteiger charge is -2.39. The molecule has 1 aliphatic rings. The van der Waals surface area contributed by atoms with Crippen molar-refractivity contribution in [1.82, 2.24) is 9.88 Å². The number of carbonyl (C=O) groups is 1. The molecule has 176 valence electrons. The number of aromatic carboxylic acids is 1. The number of likely N-dealkylation sites (tertiary alicyclic amines) is 1. The molecule has 1 aliphatic heterocycles. The Morgan fingerprint density at radius 1 is 1.24 bits per heavy atom. The van der Waals surface area contributed by atoms with E-state index in [2.05, 4.69) is 4.98 Å². The Bertz CT molecular complexity index is 1140. The molecule has 1 saturated heterocycles. The van der Waals surface area contributed by atoms with E-state index in [-0.39, 0.29) is 24.6 Å². The van der Waals surface area contributed by atoms with Gasteiger partial charge in [-0.2, -0.15) is 13.2 Å². The molecule has 9 heteroatoms. The maximum atomic E-state index is 13.1. The van der Waals surface area contributed by atoms with Crippen LogP contribution in [0, 0.1) is 6.92 Å². The summed E-state index contributed by atoms with van der Waals surface area (Å²) in [7, 11) is 1.55. The van der Waals surface area contributed by atoms with Gasteiger partial charge in [0.2, 0.25) is 0 Å². The second-order valence-corrected chi connectivity index (χ2v) is 8.32. The average molecular weight is 462 g/mol. The smallest absolute Gasteiger partial charge is 0.401 e. The predicted octanol–water partition coefficient (Wildman–Crippen LogP) is 4.98. The van der Waals surface area contributed by atoms with Crippen molar-refractivity contribution in [2.75, 3.05) is 26.7 Å². The number of ether oxygens (including phenoxy) is 2. The van der Waals surface area contributed by atoms with Crippen molar-refractivity contribution in [3.8, 4) is 11.5 Å². The molecule has 0 unspecified atom stereocenters. The molecule has 0 saturated carbocycles. The number of nitrogens with one attached hydrogen (secondary N) is 1. The third kappa shape index (κ3) is 4.93. The third-order valence-corrected chi connectivity index (χ3v) is 6.07. The molecule has 3 aromatic rings. The molecule has 2 aromatic carbocycles. The lowest BCUT2D eigenvalue weighted by Crippen LogP contribution is -2.47. The summed E-state index contributed by atoms with van der Waals surface area (Å²) >= 11 is 0. The van der Waals surface area contributed by atoms with Crippen LogP contribution in [0.1, 0.15) is 33.8 Å². The molecular weight excluding hydrogens is 437 g/mol. The Kier molecular flexibility index (Phi) is 6.25. The molecule has 0 bridgehead atoms. The summed E-state index contributed by atoms with van der Waals surface area (Å²) in [5.41, 5.74) is 2.74. The molecule has 2 heterocycles. The van der Waals surface area contributed by atoms with E-state index >= 15 is 0 Å². The standard InChI is InChI=1S/C24H25F3N2O4/c1-14-11-20(32-2)22(17-7-9-28-21(14)17)33-19-8-10-29(13-24(25,26)27)12-18(19)15-3-5-16(6-4-15)23(30)31/h3-7,9,11,18-19,28H,8,10,12-13H2,1-2H3,(H,30,31)/t18-,19-/m1/s1. The van der Waals surface area contributed by atoms with Crippen LogP contribution in [-0.2, 0) is 0 Å². The van der Waals surface area contributed by atoms with Crippen LogP contribution in [0.2, 0.25) is 0 Å². The molecule has 4 rings (SSSR count). The summed E-state index contributed by atoms with van der Waals surface area (Å²) < 4.78 is 51.2. The number of nitrogens with zero attached hydrogens (tertiary/aromatic N) is 1. The number of aromatic amines is 1. The van der Waals surface area contributed by atoms with Gasteiger partial charge in [0.05, 0.1) is 24.7 Å². The number of halogens is 3. The summed E-state index contributed by atoms with van der Waals surface area (Å²) in [5, 5.41) is 10.0. The molecule has 1 aromatic heterocycles. The second-order valence-electron chi connectivity index (χ2n) is 8.32. The molecule has 2 atom stereocenters. The molecule has 2 N–H and O–H groups in total. The monoisotopic (exact) mass is 462 g/mol. The first-order chi connectivity index (χ1) is 15.7. The molecule has 0 aliphatic carbocycles. The molecule has 0 spiro atoms. The first-order valence-electron chi connectivity index (χ1n) is 10.6. The number of aromatic nitrogens is 1. The van der Waals surface area contributed by atoms with Crippen molar-refractivity contribution in [2.45, 2.75) is 31.5 Å². The Morgan fingerprint density at radius 3 is 2.61 bits per heavy atom. The normalized spacial score (nSPS) is 19.5. The molecule has 6 nitrogen and oxygen atoms in total. The molecule has 0 radical (unpaired) electrons. The van der Waals surface area contributed by atoms with Crippen LogP contribution in [-0.4, -0.2) is 60.0 Å². The van der Waals surface area contributed by atoms with E-state index in [1.165, 1.54) is 17.0 Å². The SMILES string of the molecule is COc1cc(C)c2[nH]ccc2c1O[C@@H]1CCN(CC(F)(F)F)C[C@@H]1c1ccc(C(=O)O)cc1. The van der Waals surface area contributed by atoms with Crippen molar-refractivity contribution < 1.29 is 32.5 Å². The number of H-pyrrole nitrogens is 1. The van der Waals surface area contributed by atoms with Crippen molar-refractivity contribution in [1.29, 1.82) is 0 Å². The van der Waals surface area contributed by atoms with Gasteiger partial charge in [0, 0.05) is 30.6 Å². The predicted molar refractivity (Wildman–Crippen MR) is 117 cm³/mol. The van der Waals surface area contributed by atoms with Crippen molar-refractivity contribution >= 4 is 16.9 Å². The molecule has 1 fully saturated rings. The number of carboxylic acid groups (broad SMARTS) is 1. The summed E-state index contributed by atoms with van der Waals surface area (Å²) in [6, 6.07) is 9.99. The third-order valence-electron chi connectivity index (χ3n) is 6.07. The topological polar surface area (TPSA) is 74.8 Å². The van der Waals surface area contributed by atoms with Crippen molar-refractivity contribution in [3.05, 3.63) is 59.3 Å². The minimum Gasteiger partial charge on any atom is -0.493 e. The van der Waals surface area contributed by atoms with Crippen LogP contribution in [0.15, 0.2) is 42.6 Å². The van der Waals surface area contributed by atoms with E-state index in [9.17, 15) is 23.1 Å². The van der Waals surface area contributed by atoms with Gasteiger partial charge in [-0.25, -0.2) is 4.79 Å². The number of hydrogen-bond donors (Lipinski definition) is 2. The fourth-order valence-electron chi connectivity index (χ4n) is 4.51. The van der Waals surface area contributed by atoms with Gasteiger partial charge in [0.15, 0.2) is 11.5 Å². The second kappa shape index (κ2) is 8.97. The van der Waals surface area contributed by atoms with Gasteiger partial charge < -0.3 is 19.6 Å². The zero-order chi connectivity index (χ0) is 23.8. The van der Waals surface area contributed by atoms with Crippen LogP contribution in [0.3, 0.4) is 0 Å². The number of carboxylic acids is 1. The van der Waals surface area contributed by atoms with Crippen molar-refractivity contribution in [2.24, 2.45) is 0 Å². The van der Waals surface area contributed by atoms with Crippen molar-refractivity contribution in [3.63, 3.8) is 0 Å². The van der Waals surface area contributed by atoms with E-state index in [0.29, 0.717) is 17.9 Å². The first kappa shape index (κ1) is 23.0. The molecule has 33 heavy (non-hydrogen) atoms. The number of aryl methyl sites for hydroxylation is 1. The number of alkyl halides is 3. The summed E-state index contributed by atoms with van der Waals surface area (Å²) in [6.07, 6.45) is -2.54. The number of methoxy groups -OCH3 is 1. The largest absolute Gasteiger partial charge is 0.493 e. The minimum absolute atomic E-state index is 0.119. The van der Waals surface area contributed by atoms with Gasteiger partial charge in [0.1, 0.15) is 6.10 Å². The zero-order valence-electron chi connectivity index (χ0n) is 18.3. The van der Waals surface area contributed by atoms with Gasteiger partial charge in [0.25, 0.3) is 0 Å². The summed E-state index contributed by atoms with van der Waals surface area (Å²) in [4.78, 5) is 15.8. The lowest BCUT2D eigenvalue weighted by molar-refractivity contribution is -0.150. The molecular formula is C24H25F3N2O4. The van der Waals surface area contributed by atoms with Crippen LogP contribution in [0.4, 0.5) is 13.2 Å². The quantitative estimate of drug-likeness (QED) is 0.540. The van der Waals surface area contributed by atoms with E-state index in [1.807, 2.05) is 19.1 Å². The van der Waals surface area contributed by atoms with Gasteiger partial charge in [-0.3, -0.25) is 4.90 Å². The van der Waals surface area contributed by atoms with Gasteiger partial charge in [-0.15, -0.1) is 0 Å². The molecule has 0 amide bonds. The van der Waals surface area contributed by atoms with Crippen LogP contribution < -0.4 is 9.47 Å². The first-order valence-corrected chi connectivity index (χ1v) is 10.6. The number of fused-ring (bicyclic) bond motifs is 1. The van der Waals surface area contributed by atoms with E-state index < -0.39 is 24.8 Å². The van der Waals surface area contributed by atoms with Crippen LogP contribution in [0.5, 0.6) is 11.5 Å². The number of rotatable bonds is 6. The van der Waals surface area contributed by atoms with Crippen LogP contribution in [0.25, 0.3) is 10.9 Å².